The zero-order chi connectivity index (χ0) is 10.7. The van der Waals surface area contributed by atoms with E-state index in [1.54, 1.807) is 13.3 Å². The predicted molar refractivity (Wildman–Crippen MR) is 60.1 cm³/mol. The molecule has 1 aromatic heterocycles. The number of hydrogen-bond acceptors (Lipinski definition) is 2. The molecule has 0 amide bonds. The number of methoxy groups -OCH3 is 1. The van der Waals surface area contributed by atoms with Gasteiger partial charge in [-0.3, -0.25) is 0 Å². The van der Waals surface area contributed by atoms with Gasteiger partial charge < -0.3 is 9.72 Å². The number of alkyl halides is 1. The fraction of sp³-hybridized carbons (Fsp3) is 0.182. The molecule has 4 heteroatoms. The molecule has 1 N–H and O–H groups in total. The molecule has 0 aliphatic heterocycles. The Morgan fingerprint density at radius 3 is 2.87 bits per heavy atom. The average molecular weight is 223 g/mol. The van der Waals surface area contributed by atoms with E-state index in [2.05, 4.69) is 9.97 Å². The molecule has 0 radical (unpaired) electrons. The van der Waals surface area contributed by atoms with Crippen LogP contribution < -0.4 is 4.74 Å². The molecule has 2 rings (SSSR count). The van der Waals surface area contributed by atoms with Gasteiger partial charge >= 0.3 is 0 Å². The summed E-state index contributed by atoms with van der Waals surface area (Å²) in [5, 5.41) is 0. The second kappa shape index (κ2) is 4.36. The van der Waals surface area contributed by atoms with Crippen LogP contribution in [-0.4, -0.2) is 17.1 Å². The Hall–Kier alpha value is -1.48. The highest BCUT2D eigenvalue weighted by molar-refractivity contribution is 6.16. The largest absolute Gasteiger partial charge is 0.496 e. The quantitative estimate of drug-likeness (QED) is 0.811. The van der Waals surface area contributed by atoms with E-state index in [0.717, 1.165) is 22.8 Å². The van der Waals surface area contributed by atoms with Crippen molar-refractivity contribution in [3.63, 3.8) is 0 Å². The summed E-state index contributed by atoms with van der Waals surface area (Å²) >= 11 is 5.70. The minimum Gasteiger partial charge on any atom is -0.496 e. The third kappa shape index (κ3) is 1.97. The molecular weight excluding hydrogens is 212 g/mol. The predicted octanol–water partition coefficient (Wildman–Crippen LogP) is 2.82. The Balaban J connectivity index is 2.44. The van der Waals surface area contributed by atoms with Gasteiger partial charge in [-0.15, -0.1) is 11.6 Å². The second-order valence-electron chi connectivity index (χ2n) is 3.09. The van der Waals surface area contributed by atoms with Crippen LogP contribution in [0.1, 0.15) is 5.69 Å². The number of nitrogens with one attached hydrogen (secondary N) is 1. The molecule has 3 nitrogen and oxygen atoms in total. The minimum absolute atomic E-state index is 0.433. The lowest BCUT2D eigenvalue weighted by molar-refractivity contribution is 0.416. The highest BCUT2D eigenvalue weighted by Crippen LogP contribution is 2.27. The minimum atomic E-state index is 0.433. The fourth-order valence-corrected chi connectivity index (χ4v) is 1.54. The third-order valence-corrected chi connectivity index (χ3v) is 2.42. The Labute approximate surface area is 93.1 Å². The summed E-state index contributed by atoms with van der Waals surface area (Å²) in [6.45, 7) is 0. The van der Waals surface area contributed by atoms with E-state index in [1.807, 2.05) is 24.3 Å². The first-order chi connectivity index (χ1) is 7.35. The van der Waals surface area contributed by atoms with Crippen LogP contribution in [0.25, 0.3) is 11.4 Å². The van der Waals surface area contributed by atoms with Gasteiger partial charge in [-0.05, 0) is 12.1 Å². The number of imidazole rings is 1. The van der Waals surface area contributed by atoms with Gasteiger partial charge in [0, 0.05) is 11.9 Å². The molecule has 0 aliphatic rings. The van der Waals surface area contributed by atoms with Crippen LogP contribution in [0.5, 0.6) is 5.75 Å². The molecular formula is C11H11ClN2O. The van der Waals surface area contributed by atoms with Gasteiger partial charge in [0.15, 0.2) is 0 Å². The summed E-state index contributed by atoms with van der Waals surface area (Å²) in [6.07, 6.45) is 1.73. The van der Waals surface area contributed by atoms with Crippen molar-refractivity contribution in [3.05, 3.63) is 36.2 Å². The lowest BCUT2D eigenvalue weighted by atomic mass is 10.2. The topological polar surface area (TPSA) is 37.9 Å². The number of halogens is 1. The summed E-state index contributed by atoms with van der Waals surface area (Å²) < 4.78 is 5.25. The van der Waals surface area contributed by atoms with E-state index in [9.17, 15) is 0 Å². The number of benzene rings is 1. The van der Waals surface area contributed by atoms with Crippen LogP contribution in [0.2, 0.25) is 0 Å². The van der Waals surface area contributed by atoms with Crippen molar-refractivity contribution in [3.8, 4) is 17.1 Å². The molecule has 1 aromatic carbocycles. The lowest BCUT2D eigenvalue weighted by Crippen LogP contribution is -1.88. The van der Waals surface area contributed by atoms with E-state index in [4.69, 9.17) is 16.3 Å². The van der Waals surface area contributed by atoms with Crippen molar-refractivity contribution in [1.82, 2.24) is 9.97 Å². The van der Waals surface area contributed by atoms with Gasteiger partial charge in [0.2, 0.25) is 0 Å². The number of rotatable bonds is 3. The van der Waals surface area contributed by atoms with Crippen molar-refractivity contribution in [1.29, 1.82) is 0 Å². The van der Waals surface area contributed by atoms with Crippen LogP contribution in [0.3, 0.4) is 0 Å². The molecule has 2 aromatic rings. The molecule has 0 bridgehead atoms. The molecule has 0 saturated heterocycles. The van der Waals surface area contributed by atoms with Gasteiger partial charge in [-0.25, -0.2) is 4.98 Å². The number of ether oxygens (including phenoxy) is 1. The van der Waals surface area contributed by atoms with Gasteiger partial charge in [-0.1, -0.05) is 12.1 Å². The summed E-state index contributed by atoms with van der Waals surface area (Å²) in [5.74, 6) is 2.01. The zero-order valence-corrected chi connectivity index (χ0v) is 9.08. The van der Waals surface area contributed by atoms with Gasteiger partial charge in [-0.2, -0.15) is 0 Å². The second-order valence-corrected chi connectivity index (χ2v) is 3.36. The Morgan fingerprint density at radius 2 is 2.20 bits per heavy atom. The number of H-pyrrole nitrogens is 1. The third-order valence-electron chi connectivity index (χ3n) is 2.13. The van der Waals surface area contributed by atoms with E-state index >= 15 is 0 Å². The summed E-state index contributed by atoms with van der Waals surface area (Å²) in [6, 6.07) is 7.72. The van der Waals surface area contributed by atoms with Crippen molar-refractivity contribution < 1.29 is 4.74 Å². The van der Waals surface area contributed by atoms with Gasteiger partial charge in [0.05, 0.1) is 18.6 Å². The van der Waals surface area contributed by atoms with Crippen LogP contribution in [0, 0.1) is 0 Å². The molecule has 0 atom stereocenters. The highest BCUT2D eigenvalue weighted by atomic mass is 35.5. The molecule has 15 heavy (non-hydrogen) atoms. The number of hydrogen-bond donors (Lipinski definition) is 1. The molecule has 0 saturated carbocycles. The van der Waals surface area contributed by atoms with Crippen molar-refractivity contribution >= 4 is 11.6 Å². The first kappa shape index (κ1) is 10.1. The Bertz CT molecular complexity index is 453. The molecule has 0 aliphatic carbocycles. The normalized spacial score (nSPS) is 10.3. The first-order valence-electron chi connectivity index (χ1n) is 4.58. The molecule has 0 unspecified atom stereocenters. The van der Waals surface area contributed by atoms with Crippen LogP contribution in [0.4, 0.5) is 0 Å². The maximum absolute atomic E-state index is 5.70. The highest BCUT2D eigenvalue weighted by Gasteiger charge is 2.07. The molecule has 1 heterocycles. The molecule has 0 fully saturated rings. The van der Waals surface area contributed by atoms with Gasteiger partial charge in [0.25, 0.3) is 0 Å². The molecule has 78 valence electrons. The number of aromatic amines is 1. The Kier molecular flexibility index (Phi) is 2.92. The van der Waals surface area contributed by atoms with E-state index < -0.39 is 0 Å². The van der Waals surface area contributed by atoms with Crippen LogP contribution in [0.15, 0.2) is 30.5 Å². The van der Waals surface area contributed by atoms with Crippen LogP contribution >= 0.6 is 11.6 Å². The zero-order valence-electron chi connectivity index (χ0n) is 8.33. The first-order valence-corrected chi connectivity index (χ1v) is 5.12. The van der Waals surface area contributed by atoms with Crippen LogP contribution in [-0.2, 0) is 5.88 Å². The maximum Gasteiger partial charge on any atom is 0.141 e. The van der Waals surface area contributed by atoms with Crippen molar-refractivity contribution in [2.24, 2.45) is 0 Å². The monoisotopic (exact) mass is 222 g/mol. The van der Waals surface area contributed by atoms with Crippen molar-refractivity contribution in [2.75, 3.05) is 7.11 Å². The molecule has 0 spiro atoms. The number of nitrogens with zero attached hydrogens (tertiary/aromatic N) is 1. The maximum atomic E-state index is 5.70. The summed E-state index contributed by atoms with van der Waals surface area (Å²) in [5.41, 5.74) is 1.84. The van der Waals surface area contributed by atoms with Crippen molar-refractivity contribution in [2.45, 2.75) is 5.88 Å². The Morgan fingerprint density at radius 1 is 1.40 bits per heavy atom. The fourth-order valence-electron chi connectivity index (χ4n) is 1.40. The number of para-hydroxylation sites is 1. The number of aromatic nitrogens is 2. The van der Waals surface area contributed by atoms with E-state index in [0.29, 0.717) is 5.88 Å². The summed E-state index contributed by atoms with van der Waals surface area (Å²) in [7, 11) is 1.64. The van der Waals surface area contributed by atoms with E-state index in [-0.39, 0.29) is 0 Å². The standard InChI is InChI=1S/C11H11ClN2O/c1-15-10-5-3-2-4-9(10)11-13-7-8(6-12)14-11/h2-5,7H,6H2,1H3,(H,13,14). The smallest absolute Gasteiger partial charge is 0.141 e. The summed E-state index contributed by atoms with van der Waals surface area (Å²) in [4.78, 5) is 7.38. The SMILES string of the molecule is COc1ccccc1-c1ncc(CCl)[nH]1. The van der Waals surface area contributed by atoms with Gasteiger partial charge in [0.1, 0.15) is 11.6 Å². The van der Waals surface area contributed by atoms with E-state index in [1.165, 1.54) is 0 Å². The average Bonchev–Trinajstić information content (AvgIpc) is 2.77. The lowest BCUT2D eigenvalue weighted by Gasteiger charge is -2.04.